The number of nitrogens with one attached hydrogen (secondary N) is 2. The van der Waals surface area contributed by atoms with Gasteiger partial charge in [-0.1, -0.05) is 32.0 Å². The minimum atomic E-state index is -0.776. The number of terminal acetylenes is 1. The lowest BCUT2D eigenvalue weighted by atomic mass is 9.43. The standard InChI is InChI=1S/C34H53N5O4/c1-5-6-7-11-30(42)37-29(21-36-39-35)38-31(43)12-9-8-10-22(2)25-13-14-26-32-27(16-18-34(25,26)4)33(3)17-15-24(40)19-23(33)20-28(32)41/h1,9,12,22-29,32,40-41H,6-8,10-11,13-21H2,2-4H3,(H,37,42)(H,38,43)/b12-9+. The van der Waals surface area contributed by atoms with Crippen LogP contribution in [0, 0.1) is 58.7 Å². The predicted octanol–water partition coefficient (Wildman–Crippen LogP) is 5.62. The van der Waals surface area contributed by atoms with Crippen molar-refractivity contribution in [1.29, 1.82) is 0 Å². The number of rotatable bonds is 12. The van der Waals surface area contributed by atoms with Gasteiger partial charge in [0, 0.05) is 17.8 Å². The second-order valence-corrected chi connectivity index (χ2v) is 14.5. The Morgan fingerprint density at radius 2 is 1.86 bits per heavy atom. The first-order valence-electron chi connectivity index (χ1n) is 16.6. The molecule has 2 amide bonds. The number of hydrogen-bond donors (Lipinski definition) is 4. The first-order chi connectivity index (χ1) is 20.5. The van der Waals surface area contributed by atoms with E-state index in [0.29, 0.717) is 48.3 Å². The highest BCUT2D eigenvalue weighted by Gasteiger charge is 2.62. The average Bonchev–Trinajstić information content (AvgIpc) is 3.32. The molecule has 9 heteroatoms. The van der Waals surface area contributed by atoms with Crippen molar-refractivity contribution < 1.29 is 19.8 Å². The van der Waals surface area contributed by atoms with Crippen LogP contribution in [-0.4, -0.2) is 46.9 Å². The smallest absolute Gasteiger partial charge is 0.245 e. The Balaban J connectivity index is 1.29. The average molecular weight is 596 g/mol. The van der Waals surface area contributed by atoms with Gasteiger partial charge in [0.1, 0.15) is 6.17 Å². The summed E-state index contributed by atoms with van der Waals surface area (Å²) in [7, 11) is 0. The minimum absolute atomic E-state index is 0.0757. The van der Waals surface area contributed by atoms with Crippen LogP contribution in [0.2, 0.25) is 0 Å². The van der Waals surface area contributed by atoms with Gasteiger partial charge in [0.25, 0.3) is 0 Å². The fraction of sp³-hybridized carbons (Fsp3) is 0.824. The van der Waals surface area contributed by atoms with Crippen LogP contribution in [0.1, 0.15) is 104 Å². The monoisotopic (exact) mass is 595 g/mol. The van der Waals surface area contributed by atoms with Gasteiger partial charge in [0.2, 0.25) is 11.8 Å². The van der Waals surface area contributed by atoms with Gasteiger partial charge >= 0.3 is 0 Å². The third kappa shape index (κ3) is 7.41. The van der Waals surface area contributed by atoms with E-state index >= 15 is 0 Å². The summed E-state index contributed by atoms with van der Waals surface area (Å²) in [4.78, 5) is 27.4. The molecule has 0 aromatic rings. The van der Waals surface area contributed by atoms with Crippen molar-refractivity contribution in [2.45, 2.75) is 123 Å². The molecular weight excluding hydrogens is 542 g/mol. The van der Waals surface area contributed by atoms with Gasteiger partial charge in [-0.3, -0.25) is 9.59 Å². The van der Waals surface area contributed by atoms with Crippen molar-refractivity contribution in [2.24, 2.45) is 51.5 Å². The Morgan fingerprint density at radius 1 is 1.12 bits per heavy atom. The van der Waals surface area contributed by atoms with Crippen LogP contribution >= 0.6 is 0 Å². The highest BCUT2D eigenvalue weighted by molar-refractivity contribution is 5.88. The second-order valence-electron chi connectivity index (χ2n) is 14.5. The maximum atomic E-state index is 12.6. The van der Waals surface area contributed by atoms with Gasteiger partial charge in [0.05, 0.1) is 18.8 Å². The van der Waals surface area contributed by atoms with Crippen LogP contribution < -0.4 is 10.6 Å². The van der Waals surface area contributed by atoms with E-state index in [1.807, 2.05) is 6.08 Å². The molecule has 0 bridgehead atoms. The van der Waals surface area contributed by atoms with Crippen LogP contribution in [0.5, 0.6) is 0 Å². The molecule has 4 saturated carbocycles. The SMILES string of the molecule is C#CCCCC(=O)NC(CN=[N+]=[N-])NC(=O)/C=C/CCC(C)C1CCC2C3C(O)CC4CC(O)CCC4(C)C3CCC12C. The van der Waals surface area contributed by atoms with E-state index in [-0.39, 0.29) is 47.8 Å². The predicted molar refractivity (Wildman–Crippen MR) is 167 cm³/mol. The minimum Gasteiger partial charge on any atom is -0.393 e. The number of carbonyl (C=O) groups excluding carboxylic acids is 2. The number of unbranched alkanes of at least 4 members (excludes halogenated alkanes) is 1. The molecule has 11 unspecified atom stereocenters. The topological polar surface area (TPSA) is 147 Å². The van der Waals surface area contributed by atoms with Gasteiger partial charge in [-0.15, -0.1) is 12.3 Å². The van der Waals surface area contributed by atoms with Crippen LogP contribution in [0.25, 0.3) is 10.4 Å². The van der Waals surface area contributed by atoms with E-state index in [2.05, 4.69) is 47.4 Å². The van der Waals surface area contributed by atoms with E-state index in [9.17, 15) is 19.8 Å². The van der Waals surface area contributed by atoms with Crippen molar-refractivity contribution in [3.05, 3.63) is 22.6 Å². The molecular formula is C34H53N5O4. The van der Waals surface area contributed by atoms with E-state index in [4.69, 9.17) is 12.0 Å². The number of fused-ring (bicyclic) bond motifs is 5. The summed E-state index contributed by atoms with van der Waals surface area (Å²) in [6.45, 7) is 7.22. The van der Waals surface area contributed by atoms with Gasteiger partial charge < -0.3 is 20.8 Å². The van der Waals surface area contributed by atoms with Crippen LogP contribution in [0.3, 0.4) is 0 Å². The quantitative estimate of drug-likeness (QED) is 0.0441. The maximum Gasteiger partial charge on any atom is 0.245 e. The molecule has 0 radical (unpaired) electrons. The summed E-state index contributed by atoms with van der Waals surface area (Å²) in [5.41, 5.74) is 9.14. The molecule has 4 rings (SSSR count). The van der Waals surface area contributed by atoms with Crippen molar-refractivity contribution in [3.63, 3.8) is 0 Å². The van der Waals surface area contributed by atoms with Crippen molar-refractivity contribution in [2.75, 3.05) is 6.54 Å². The summed E-state index contributed by atoms with van der Waals surface area (Å²) >= 11 is 0. The van der Waals surface area contributed by atoms with Gasteiger partial charge in [-0.05, 0) is 129 Å². The number of nitrogens with zero attached hydrogens (tertiary/aromatic N) is 3. The van der Waals surface area contributed by atoms with Crippen molar-refractivity contribution in [1.82, 2.24) is 10.6 Å². The lowest BCUT2D eigenvalue weighted by Gasteiger charge is -2.62. The zero-order valence-corrected chi connectivity index (χ0v) is 26.4. The molecule has 238 valence electrons. The molecule has 4 aliphatic rings. The summed E-state index contributed by atoms with van der Waals surface area (Å²) < 4.78 is 0. The molecule has 0 saturated heterocycles. The van der Waals surface area contributed by atoms with Gasteiger partial charge in [0.15, 0.2) is 0 Å². The van der Waals surface area contributed by atoms with E-state index in [0.717, 1.165) is 38.5 Å². The van der Waals surface area contributed by atoms with Crippen LogP contribution in [0.15, 0.2) is 17.3 Å². The zero-order valence-electron chi connectivity index (χ0n) is 26.4. The zero-order chi connectivity index (χ0) is 31.2. The third-order valence-corrected chi connectivity index (χ3v) is 12.2. The van der Waals surface area contributed by atoms with E-state index in [1.54, 1.807) is 0 Å². The summed E-state index contributed by atoms with van der Waals surface area (Å²) in [5, 5.41) is 30.7. The first-order valence-corrected chi connectivity index (χ1v) is 16.6. The maximum absolute atomic E-state index is 12.6. The number of azide groups is 1. The number of allylic oxidation sites excluding steroid dienone is 1. The number of amides is 2. The highest BCUT2D eigenvalue weighted by atomic mass is 16.3. The highest BCUT2D eigenvalue weighted by Crippen LogP contribution is 2.68. The number of carbonyl (C=O) groups is 2. The molecule has 0 spiro atoms. The van der Waals surface area contributed by atoms with Crippen LogP contribution in [-0.2, 0) is 9.59 Å². The molecule has 4 N–H and O–H groups in total. The van der Waals surface area contributed by atoms with Crippen LogP contribution in [0.4, 0.5) is 0 Å². The number of hydrogen-bond acceptors (Lipinski definition) is 5. The molecule has 0 aromatic carbocycles. The molecule has 43 heavy (non-hydrogen) atoms. The Labute approximate surface area is 257 Å². The summed E-state index contributed by atoms with van der Waals surface area (Å²) in [6, 6.07) is 0. The van der Waals surface area contributed by atoms with Gasteiger partial charge in [-0.25, -0.2) is 0 Å². The van der Waals surface area contributed by atoms with Crippen molar-refractivity contribution >= 4 is 11.8 Å². The number of aliphatic hydroxyl groups is 2. The molecule has 11 atom stereocenters. The molecule has 0 aromatic heterocycles. The molecule has 0 aliphatic heterocycles. The Hall–Kier alpha value is -2.53. The first kappa shape index (κ1) is 33.4. The Morgan fingerprint density at radius 3 is 2.60 bits per heavy atom. The van der Waals surface area contributed by atoms with E-state index < -0.39 is 6.17 Å². The second kappa shape index (κ2) is 14.5. The van der Waals surface area contributed by atoms with E-state index in [1.165, 1.54) is 31.8 Å². The summed E-state index contributed by atoms with van der Waals surface area (Å²) in [5.74, 6) is 4.91. The fourth-order valence-corrected chi connectivity index (χ4v) is 10.0. The van der Waals surface area contributed by atoms with Crippen molar-refractivity contribution in [3.8, 4) is 12.3 Å². The largest absolute Gasteiger partial charge is 0.393 e. The molecule has 0 heterocycles. The molecule has 9 nitrogen and oxygen atoms in total. The lowest BCUT2D eigenvalue weighted by Crippen LogP contribution is -2.58. The fourth-order valence-electron chi connectivity index (χ4n) is 10.0. The Kier molecular flexibility index (Phi) is 11.3. The van der Waals surface area contributed by atoms with Gasteiger partial charge in [-0.2, -0.15) is 0 Å². The Bertz CT molecular complexity index is 1110. The summed E-state index contributed by atoms with van der Waals surface area (Å²) in [6.07, 6.45) is 18.9. The number of aliphatic hydroxyl groups excluding tert-OH is 2. The molecule has 4 fully saturated rings. The normalized spacial score (nSPS) is 38.0. The third-order valence-electron chi connectivity index (χ3n) is 12.2. The molecule has 4 aliphatic carbocycles. The lowest BCUT2D eigenvalue weighted by molar-refractivity contribution is -0.174.